The first-order chi connectivity index (χ1) is 11.6. The number of carbonyl (C=O) groups is 4. The van der Waals surface area contributed by atoms with E-state index in [1.807, 2.05) is 0 Å². The highest BCUT2D eigenvalue weighted by molar-refractivity contribution is 5.68. The van der Waals surface area contributed by atoms with Crippen LogP contribution in [-0.2, 0) is 42.9 Å². The predicted octanol–water partition coefficient (Wildman–Crippen LogP) is -0.548. The minimum absolute atomic E-state index is 0.144. The summed E-state index contributed by atoms with van der Waals surface area (Å²) >= 11 is 0. The van der Waals surface area contributed by atoms with Crippen molar-refractivity contribution in [3.05, 3.63) is 0 Å². The molecule has 0 aliphatic carbocycles. The van der Waals surface area contributed by atoms with Crippen molar-refractivity contribution in [3.63, 3.8) is 0 Å². The van der Waals surface area contributed by atoms with Crippen LogP contribution < -0.4 is 0 Å². The van der Waals surface area contributed by atoms with E-state index in [1.165, 1.54) is 0 Å². The molecule has 25 heavy (non-hydrogen) atoms. The van der Waals surface area contributed by atoms with Gasteiger partial charge in [-0.25, -0.2) is 0 Å². The second kappa shape index (κ2) is 9.33. The van der Waals surface area contributed by atoms with Gasteiger partial charge < -0.3 is 28.8 Å². The molecule has 10 heteroatoms. The zero-order valence-corrected chi connectivity index (χ0v) is 14.4. The molecule has 1 aliphatic heterocycles. The van der Waals surface area contributed by atoms with Gasteiger partial charge in [0, 0.05) is 34.1 Å². The van der Waals surface area contributed by atoms with Gasteiger partial charge in [-0.1, -0.05) is 0 Å². The van der Waals surface area contributed by atoms with Gasteiger partial charge in [0.1, 0.15) is 18.8 Å². The van der Waals surface area contributed by atoms with Crippen LogP contribution in [0, 0.1) is 0 Å². The summed E-state index contributed by atoms with van der Waals surface area (Å²) in [6, 6.07) is 0. The van der Waals surface area contributed by atoms with Crippen LogP contribution in [0.15, 0.2) is 0 Å². The summed E-state index contributed by atoms with van der Waals surface area (Å²) < 4.78 is 25.5. The van der Waals surface area contributed by atoms with Crippen molar-refractivity contribution >= 4 is 23.9 Å². The van der Waals surface area contributed by atoms with E-state index in [0.29, 0.717) is 0 Å². The average Bonchev–Trinajstić information content (AvgIpc) is 2.44. The van der Waals surface area contributed by atoms with Crippen molar-refractivity contribution < 1.29 is 48.0 Å². The normalized spacial score (nSPS) is 26.9. The van der Waals surface area contributed by atoms with Crippen LogP contribution in [0.2, 0.25) is 0 Å². The minimum Gasteiger partial charge on any atom is -0.462 e. The second-order valence-corrected chi connectivity index (χ2v) is 5.46. The van der Waals surface area contributed by atoms with E-state index in [9.17, 15) is 24.3 Å². The Hall–Kier alpha value is -2.20. The van der Waals surface area contributed by atoms with E-state index in [1.54, 1.807) is 0 Å². The fourth-order valence-electron chi connectivity index (χ4n) is 2.43. The smallest absolute Gasteiger partial charge is 0.303 e. The van der Waals surface area contributed by atoms with E-state index in [0.717, 1.165) is 27.7 Å². The van der Waals surface area contributed by atoms with Gasteiger partial charge >= 0.3 is 23.9 Å². The lowest BCUT2D eigenvalue weighted by Crippen LogP contribution is -2.57. The van der Waals surface area contributed by atoms with E-state index < -0.39 is 61.2 Å². The van der Waals surface area contributed by atoms with Crippen LogP contribution in [0.5, 0.6) is 0 Å². The first-order valence-corrected chi connectivity index (χ1v) is 7.58. The van der Waals surface area contributed by atoms with Gasteiger partial charge in [0.05, 0.1) is 0 Å². The third-order valence-electron chi connectivity index (χ3n) is 3.19. The summed E-state index contributed by atoms with van der Waals surface area (Å²) in [4.78, 5) is 45.1. The van der Waals surface area contributed by atoms with Crippen LogP contribution in [-0.4, -0.2) is 66.3 Å². The standard InChI is InChI=1S/C15H22O10/c1-7(16)21-6-12(23-9(3)18)15-14(24-10(4)19)11(22-8(2)17)5-13(20)25-15/h11-15,20H,5-6H2,1-4H3/t11-,12?,13+,14+,15-/m1/s1. The Morgan fingerprint density at radius 2 is 1.60 bits per heavy atom. The molecule has 0 saturated carbocycles. The lowest BCUT2D eigenvalue weighted by Gasteiger charge is -2.41. The first-order valence-electron chi connectivity index (χ1n) is 7.58. The van der Waals surface area contributed by atoms with Crippen molar-refractivity contribution in [1.29, 1.82) is 0 Å². The van der Waals surface area contributed by atoms with Gasteiger partial charge in [-0.05, 0) is 0 Å². The molecule has 0 aromatic carbocycles. The lowest BCUT2D eigenvalue weighted by atomic mass is 9.96. The predicted molar refractivity (Wildman–Crippen MR) is 78.8 cm³/mol. The molecular weight excluding hydrogens is 340 g/mol. The molecule has 0 radical (unpaired) electrons. The highest BCUT2D eigenvalue weighted by Gasteiger charge is 2.47. The van der Waals surface area contributed by atoms with Crippen LogP contribution in [0.3, 0.4) is 0 Å². The Bertz CT molecular complexity index is 516. The van der Waals surface area contributed by atoms with E-state index in [4.69, 9.17) is 23.7 Å². The monoisotopic (exact) mass is 362 g/mol. The fourth-order valence-corrected chi connectivity index (χ4v) is 2.43. The third-order valence-corrected chi connectivity index (χ3v) is 3.19. The maximum atomic E-state index is 11.4. The molecule has 1 N–H and O–H groups in total. The number of aliphatic hydroxyl groups excluding tert-OH is 1. The molecule has 0 aromatic heterocycles. The third kappa shape index (κ3) is 7.06. The largest absolute Gasteiger partial charge is 0.462 e. The molecule has 0 spiro atoms. The van der Waals surface area contributed by atoms with Crippen molar-refractivity contribution in [2.45, 2.75) is 64.8 Å². The molecule has 0 aromatic rings. The Labute approximate surface area is 144 Å². The van der Waals surface area contributed by atoms with Gasteiger partial charge in [0.2, 0.25) is 0 Å². The highest BCUT2D eigenvalue weighted by atomic mass is 16.7. The molecule has 10 nitrogen and oxygen atoms in total. The number of rotatable bonds is 6. The molecule has 142 valence electrons. The van der Waals surface area contributed by atoms with Gasteiger partial charge in [0.15, 0.2) is 18.5 Å². The number of hydrogen-bond donors (Lipinski definition) is 1. The van der Waals surface area contributed by atoms with Crippen LogP contribution in [0.4, 0.5) is 0 Å². The Morgan fingerprint density at radius 1 is 1.00 bits per heavy atom. The van der Waals surface area contributed by atoms with E-state index in [2.05, 4.69) is 0 Å². The summed E-state index contributed by atoms with van der Waals surface area (Å²) in [5, 5.41) is 9.87. The first kappa shape index (κ1) is 20.8. The van der Waals surface area contributed by atoms with Crippen molar-refractivity contribution in [3.8, 4) is 0 Å². The highest BCUT2D eigenvalue weighted by Crippen LogP contribution is 2.28. The number of hydrogen-bond acceptors (Lipinski definition) is 10. The molecule has 1 saturated heterocycles. The van der Waals surface area contributed by atoms with E-state index in [-0.39, 0.29) is 6.42 Å². The SMILES string of the molecule is CC(=O)OCC(OC(C)=O)[C@H]1O[C@H](O)C[C@@H](OC(C)=O)[C@@H]1OC(C)=O. The number of ether oxygens (including phenoxy) is 5. The molecule has 1 fully saturated rings. The maximum absolute atomic E-state index is 11.4. The Kier molecular flexibility index (Phi) is 7.78. The van der Waals surface area contributed by atoms with Gasteiger partial charge in [0.25, 0.3) is 0 Å². The number of aliphatic hydroxyl groups is 1. The van der Waals surface area contributed by atoms with Crippen LogP contribution >= 0.6 is 0 Å². The van der Waals surface area contributed by atoms with Crippen molar-refractivity contribution in [2.75, 3.05) is 6.61 Å². The zero-order chi connectivity index (χ0) is 19.1. The minimum atomic E-state index is -1.36. The molecule has 1 heterocycles. The van der Waals surface area contributed by atoms with Gasteiger partial charge in [-0.3, -0.25) is 19.2 Å². The molecule has 0 amide bonds. The summed E-state index contributed by atoms with van der Waals surface area (Å²) in [6.07, 6.45) is -6.08. The van der Waals surface area contributed by atoms with E-state index >= 15 is 0 Å². The van der Waals surface area contributed by atoms with Crippen LogP contribution in [0.1, 0.15) is 34.1 Å². The molecule has 1 rings (SSSR count). The topological polar surface area (TPSA) is 135 Å². The molecule has 1 aliphatic rings. The number of esters is 4. The zero-order valence-electron chi connectivity index (χ0n) is 14.4. The molecular formula is C15H22O10. The average molecular weight is 362 g/mol. The Morgan fingerprint density at radius 3 is 2.08 bits per heavy atom. The molecule has 5 atom stereocenters. The van der Waals surface area contributed by atoms with Crippen molar-refractivity contribution in [1.82, 2.24) is 0 Å². The lowest BCUT2D eigenvalue weighted by molar-refractivity contribution is -0.268. The summed E-state index contributed by atoms with van der Waals surface area (Å²) in [6.45, 7) is 4.19. The summed E-state index contributed by atoms with van der Waals surface area (Å²) in [5.41, 5.74) is 0. The maximum Gasteiger partial charge on any atom is 0.303 e. The number of carbonyl (C=O) groups excluding carboxylic acids is 4. The molecule has 1 unspecified atom stereocenters. The fraction of sp³-hybridized carbons (Fsp3) is 0.733. The van der Waals surface area contributed by atoms with Gasteiger partial charge in [-0.2, -0.15) is 0 Å². The van der Waals surface area contributed by atoms with Crippen molar-refractivity contribution in [2.24, 2.45) is 0 Å². The van der Waals surface area contributed by atoms with Gasteiger partial charge in [-0.15, -0.1) is 0 Å². The summed E-state index contributed by atoms with van der Waals surface area (Å²) in [7, 11) is 0. The Balaban J connectivity index is 3.09. The summed E-state index contributed by atoms with van der Waals surface area (Å²) in [5.74, 6) is -2.68. The quantitative estimate of drug-likeness (QED) is 0.484. The van der Waals surface area contributed by atoms with Crippen LogP contribution in [0.25, 0.3) is 0 Å². The molecule has 0 bridgehead atoms. The second-order valence-electron chi connectivity index (χ2n) is 5.46.